The van der Waals surface area contributed by atoms with Gasteiger partial charge in [0.15, 0.2) is 0 Å². The minimum absolute atomic E-state index is 0. The Bertz CT molecular complexity index is 685. The quantitative estimate of drug-likeness (QED) is 0.507. The Kier molecular flexibility index (Phi) is 6.28. The van der Waals surface area contributed by atoms with Gasteiger partial charge >= 0.3 is 0 Å². The predicted octanol–water partition coefficient (Wildman–Crippen LogP) is 2.04. The fourth-order valence-corrected chi connectivity index (χ4v) is 3.99. The van der Waals surface area contributed by atoms with E-state index in [0.717, 1.165) is 29.0 Å². The van der Waals surface area contributed by atoms with Crippen LogP contribution in [0.5, 0.6) is 0 Å². The van der Waals surface area contributed by atoms with E-state index in [0.29, 0.717) is 0 Å². The van der Waals surface area contributed by atoms with E-state index in [-0.39, 0.29) is 24.0 Å². The summed E-state index contributed by atoms with van der Waals surface area (Å²) >= 11 is 8.07. The number of rotatable bonds is 4. The molecule has 0 saturated carbocycles. The van der Waals surface area contributed by atoms with Crippen molar-refractivity contribution in [2.45, 2.75) is 16.2 Å². The van der Waals surface area contributed by atoms with Crippen molar-refractivity contribution in [2.24, 2.45) is 0 Å². The molecule has 2 aromatic rings. The van der Waals surface area contributed by atoms with Crippen molar-refractivity contribution in [2.75, 3.05) is 39.1 Å². The molecular formula is C18H22ClIN2S. The van der Waals surface area contributed by atoms with Gasteiger partial charge in [0, 0.05) is 27.8 Å². The SMILES string of the molecule is C[N+](C)(C)CCCN1c2ccccc2Sc2ccc(Cl)cc21.[I-]. The third-order valence-corrected chi connectivity index (χ3v) is 5.16. The summed E-state index contributed by atoms with van der Waals surface area (Å²) in [4.78, 5) is 5.03. The number of nitrogens with zero attached hydrogens (tertiary/aromatic N) is 2. The molecule has 124 valence electrons. The van der Waals surface area contributed by atoms with Crippen molar-refractivity contribution in [3.8, 4) is 0 Å². The fourth-order valence-electron chi connectivity index (χ4n) is 2.75. The lowest BCUT2D eigenvalue weighted by Gasteiger charge is -2.34. The number of para-hydroxylation sites is 1. The van der Waals surface area contributed by atoms with Crippen LogP contribution in [0.4, 0.5) is 11.4 Å². The molecule has 0 unspecified atom stereocenters. The number of halogens is 2. The molecule has 0 bridgehead atoms. The van der Waals surface area contributed by atoms with E-state index in [1.54, 1.807) is 0 Å². The molecule has 1 heterocycles. The molecule has 0 radical (unpaired) electrons. The number of hydrogen-bond donors (Lipinski definition) is 0. The van der Waals surface area contributed by atoms with Gasteiger partial charge in [-0.1, -0.05) is 35.5 Å². The van der Waals surface area contributed by atoms with E-state index in [1.807, 2.05) is 17.8 Å². The number of benzene rings is 2. The van der Waals surface area contributed by atoms with Crippen LogP contribution in [-0.2, 0) is 0 Å². The highest BCUT2D eigenvalue weighted by Gasteiger charge is 2.23. The molecule has 0 spiro atoms. The highest BCUT2D eigenvalue weighted by atomic mass is 127. The van der Waals surface area contributed by atoms with Crippen LogP contribution >= 0.6 is 23.4 Å². The third kappa shape index (κ3) is 4.56. The fraction of sp³-hybridized carbons (Fsp3) is 0.333. The first-order valence-electron chi connectivity index (χ1n) is 7.58. The van der Waals surface area contributed by atoms with Gasteiger partial charge in [0.25, 0.3) is 0 Å². The number of fused-ring (bicyclic) bond motifs is 2. The van der Waals surface area contributed by atoms with E-state index < -0.39 is 0 Å². The predicted molar refractivity (Wildman–Crippen MR) is 96.5 cm³/mol. The first-order valence-corrected chi connectivity index (χ1v) is 8.78. The molecule has 5 heteroatoms. The lowest BCUT2D eigenvalue weighted by Crippen LogP contribution is -3.00. The molecule has 0 aromatic heterocycles. The van der Waals surface area contributed by atoms with E-state index in [9.17, 15) is 0 Å². The maximum absolute atomic E-state index is 6.24. The second kappa shape index (κ2) is 7.64. The van der Waals surface area contributed by atoms with Crippen molar-refractivity contribution in [1.82, 2.24) is 0 Å². The van der Waals surface area contributed by atoms with Crippen molar-refractivity contribution >= 4 is 34.7 Å². The average molecular weight is 461 g/mol. The Labute approximate surface area is 165 Å². The summed E-state index contributed by atoms with van der Waals surface area (Å²) in [5, 5.41) is 0.801. The minimum Gasteiger partial charge on any atom is -1.00 e. The number of quaternary nitrogens is 1. The van der Waals surface area contributed by atoms with Crippen LogP contribution in [0, 0.1) is 0 Å². The molecular weight excluding hydrogens is 439 g/mol. The van der Waals surface area contributed by atoms with Crippen LogP contribution in [0.1, 0.15) is 6.42 Å². The summed E-state index contributed by atoms with van der Waals surface area (Å²) in [6.07, 6.45) is 1.15. The van der Waals surface area contributed by atoms with E-state index in [2.05, 4.69) is 62.4 Å². The smallest absolute Gasteiger partial charge is 0.0797 e. The van der Waals surface area contributed by atoms with Crippen LogP contribution in [0.3, 0.4) is 0 Å². The van der Waals surface area contributed by atoms with Gasteiger partial charge in [-0.05, 0) is 30.3 Å². The zero-order chi connectivity index (χ0) is 15.7. The van der Waals surface area contributed by atoms with E-state index >= 15 is 0 Å². The summed E-state index contributed by atoms with van der Waals surface area (Å²) in [6, 6.07) is 14.8. The van der Waals surface area contributed by atoms with Gasteiger partial charge in [-0.3, -0.25) is 0 Å². The van der Waals surface area contributed by atoms with Crippen LogP contribution in [0.25, 0.3) is 0 Å². The number of hydrogen-bond acceptors (Lipinski definition) is 2. The summed E-state index contributed by atoms with van der Waals surface area (Å²) in [5.74, 6) is 0. The topological polar surface area (TPSA) is 3.24 Å². The van der Waals surface area contributed by atoms with Crippen LogP contribution in [-0.4, -0.2) is 38.7 Å². The largest absolute Gasteiger partial charge is 1.00 e. The van der Waals surface area contributed by atoms with E-state index in [1.165, 1.54) is 21.2 Å². The number of anilines is 2. The molecule has 1 aliphatic rings. The zero-order valence-corrected chi connectivity index (χ0v) is 17.5. The van der Waals surface area contributed by atoms with Gasteiger partial charge in [-0.25, -0.2) is 0 Å². The maximum atomic E-state index is 6.24. The highest BCUT2D eigenvalue weighted by molar-refractivity contribution is 7.99. The Morgan fingerprint density at radius 2 is 1.70 bits per heavy atom. The normalized spacial score (nSPS) is 13.1. The maximum Gasteiger partial charge on any atom is 0.0797 e. The molecule has 2 nitrogen and oxygen atoms in total. The second-order valence-corrected chi connectivity index (χ2v) is 8.22. The molecule has 0 fully saturated rings. The van der Waals surface area contributed by atoms with E-state index in [4.69, 9.17) is 11.6 Å². The highest BCUT2D eigenvalue weighted by Crippen LogP contribution is 2.48. The lowest BCUT2D eigenvalue weighted by atomic mass is 10.2. The van der Waals surface area contributed by atoms with Gasteiger partial charge in [-0.2, -0.15) is 0 Å². The van der Waals surface area contributed by atoms with Crippen LogP contribution in [0.15, 0.2) is 52.3 Å². The minimum atomic E-state index is 0. The summed E-state index contributed by atoms with van der Waals surface area (Å²) < 4.78 is 0.993. The molecule has 0 amide bonds. The van der Waals surface area contributed by atoms with Crippen LogP contribution in [0.2, 0.25) is 5.02 Å². The average Bonchev–Trinajstić information content (AvgIpc) is 2.46. The summed E-state index contributed by atoms with van der Waals surface area (Å²) in [7, 11) is 6.72. The summed E-state index contributed by atoms with van der Waals surface area (Å²) in [6.45, 7) is 2.17. The first kappa shape index (κ1) is 18.9. The first-order chi connectivity index (χ1) is 10.4. The molecule has 2 aromatic carbocycles. The monoisotopic (exact) mass is 460 g/mol. The van der Waals surface area contributed by atoms with Crippen molar-refractivity contribution < 1.29 is 28.5 Å². The van der Waals surface area contributed by atoms with Gasteiger partial charge in [0.05, 0.1) is 39.1 Å². The molecule has 1 aliphatic heterocycles. The van der Waals surface area contributed by atoms with Gasteiger partial charge in [0.2, 0.25) is 0 Å². The zero-order valence-electron chi connectivity index (χ0n) is 13.7. The Morgan fingerprint density at radius 1 is 1.00 bits per heavy atom. The van der Waals surface area contributed by atoms with Gasteiger partial charge in [-0.15, -0.1) is 0 Å². The lowest BCUT2D eigenvalue weighted by molar-refractivity contribution is -0.870. The second-order valence-electron chi connectivity index (χ2n) is 6.70. The molecule has 0 N–H and O–H groups in total. The Morgan fingerprint density at radius 3 is 2.43 bits per heavy atom. The molecule has 0 atom stereocenters. The van der Waals surface area contributed by atoms with Crippen molar-refractivity contribution in [1.29, 1.82) is 0 Å². The standard InChI is InChI=1S/C18H22ClN2S.HI/c1-21(2,3)12-6-11-20-15-7-4-5-8-17(15)22-18-10-9-14(19)13-16(18)20;/h4-5,7-10,13H,6,11-12H2,1-3H3;1H/q+1;/p-1. The third-order valence-electron chi connectivity index (χ3n) is 3.80. The Hall–Kier alpha value is -0.430. The van der Waals surface area contributed by atoms with Gasteiger partial charge < -0.3 is 33.4 Å². The molecule has 0 aliphatic carbocycles. The molecule has 0 saturated heterocycles. The summed E-state index contributed by atoms with van der Waals surface area (Å²) in [5.41, 5.74) is 2.53. The molecule has 3 rings (SSSR count). The Balaban J connectivity index is 0.00000192. The van der Waals surface area contributed by atoms with Crippen molar-refractivity contribution in [3.05, 3.63) is 47.5 Å². The van der Waals surface area contributed by atoms with Crippen LogP contribution < -0.4 is 28.9 Å². The molecule has 23 heavy (non-hydrogen) atoms. The van der Waals surface area contributed by atoms with Gasteiger partial charge in [0.1, 0.15) is 0 Å². The van der Waals surface area contributed by atoms with Crippen molar-refractivity contribution in [3.63, 3.8) is 0 Å².